The Morgan fingerprint density at radius 2 is 0.936 bits per heavy atom. The van der Waals surface area contributed by atoms with Crippen LogP contribution in [0.15, 0.2) is 60.2 Å². The van der Waals surface area contributed by atoms with Crippen molar-refractivity contribution in [3.05, 3.63) is 102 Å². The van der Waals surface area contributed by atoms with Gasteiger partial charge in [-0.2, -0.15) is 12.8 Å². The Hall–Kier alpha value is -1.82. The number of hydrogen-bond acceptors (Lipinski definition) is 0. The van der Waals surface area contributed by atoms with Crippen LogP contribution in [0, 0.1) is 13.8 Å². The third kappa shape index (κ3) is 19.1. The van der Waals surface area contributed by atoms with Gasteiger partial charge in [-0.15, -0.1) is 0 Å². The maximum atomic E-state index is 11.3. The zero-order chi connectivity index (χ0) is 33.8. The van der Waals surface area contributed by atoms with E-state index in [-0.39, 0.29) is 20.4 Å². The minimum atomic E-state index is 0. The Kier molecular flexibility index (Phi) is 29.1. The smallest absolute Gasteiger partial charge is 0.493 e. The standard InChI is InChI=1S/C34H48N2.2C5H11.Pd/c1-4-7-9-11-13-15-17-29-21-23-30(24-22-29)33-27-32(18-16-14-12-10-8-5-2)34(36(33)35)31-25-19-28(6-3)20-26-31;2*1-3-5-4-2;/h19-27H,4-18H2,1-3H3;2*1,3-5H2,2H3;/q;2*-1;+2. The fourth-order valence-corrected chi connectivity index (χ4v) is 5.70. The van der Waals surface area contributed by atoms with Crippen molar-refractivity contribution >= 4 is 11.4 Å². The summed E-state index contributed by atoms with van der Waals surface area (Å²) in [6, 6.07) is 17.6. The molecule has 0 amide bonds. The minimum absolute atomic E-state index is 0. The number of nitrogens with zero attached hydrogens (tertiary/aromatic N) is 2. The van der Waals surface area contributed by atoms with Crippen LogP contribution in [0.2, 0.25) is 0 Å². The van der Waals surface area contributed by atoms with Crippen LogP contribution in [-0.2, 0) is 33.3 Å². The molecule has 0 atom stereocenters. The van der Waals surface area contributed by atoms with Crippen molar-refractivity contribution in [1.29, 1.82) is 0 Å². The normalized spacial score (nSPS) is 12.1. The van der Waals surface area contributed by atoms with Crippen LogP contribution >= 0.6 is 0 Å². The second-order valence-electron chi connectivity index (χ2n) is 12.9. The molecule has 3 rings (SSSR count). The molecular formula is C44H70N2Pd. The molecule has 0 bridgehead atoms. The fourth-order valence-electron chi connectivity index (χ4n) is 5.70. The van der Waals surface area contributed by atoms with Gasteiger partial charge in [0.1, 0.15) is 0 Å². The molecule has 0 saturated carbocycles. The van der Waals surface area contributed by atoms with E-state index in [1.165, 1.54) is 124 Å². The summed E-state index contributed by atoms with van der Waals surface area (Å²) in [7, 11) is 0. The molecule has 1 heterocycles. The van der Waals surface area contributed by atoms with E-state index < -0.39 is 0 Å². The van der Waals surface area contributed by atoms with E-state index in [9.17, 15) is 5.53 Å². The first-order chi connectivity index (χ1) is 22.5. The molecule has 2 aromatic carbocycles. The molecule has 0 saturated heterocycles. The second kappa shape index (κ2) is 30.3. The van der Waals surface area contributed by atoms with E-state index in [0.29, 0.717) is 0 Å². The van der Waals surface area contributed by atoms with Crippen LogP contribution in [-0.4, -0.2) is 4.70 Å². The average Bonchev–Trinajstić information content (AvgIpc) is 3.41. The van der Waals surface area contributed by atoms with Crippen molar-refractivity contribution in [3.8, 4) is 0 Å². The summed E-state index contributed by atoms with van der Waals surface area (Å²) in [6.07, 6.45) is 28.4. The van der Waals surface area contributed by atoms with Gasteiger partial charge in [-0.1, -0.05) is 149 Å². The predicted molar refractivity (Wildman–Crippen MR) is 206 cm³/mol. The molecule has 2 nitrogen and oxygen atoms in total. The molecule has 0 aromatic heterocycles. The summed E-state index contributed by atoms with van der Waals surface area (Å²) in [5.74, 6) is 0. The van der Waals surface area contributed by atoms with Crippen molar-refractivity contribution in [2.24, 2.45) is 0 Å². The van der Waals surface area contributed by atoms with Gasteiger partial charge in [-0.3, -0.25) is 0 Å². The molecule has 0 unspecified atom stereocenters. The van der Waals surface area contributed by atoms with E-state index in [2.05, 4.69) is 103 Å². The van der Waals surface area contributed by atoms with Gasteiger partial charge in [-0.05, 0) is 67.5 Å². The Bertz CT molecular complexity index is 1080. The van der Waals surface area contributed by atoms with Gasteiger partial charge in [-0.25, -0.2) is 4.70 Å². The monoisotopic (exact) mass is 732 g/mol. The summed E-state index contributed by atoms with van der Waals surface area (Å²) in [5.41, 5.74) is 19.4. The summed E-state index contributed by atoms with van der Waals surface area (Å²) < 4.78 is 1.44. The first-order valence-electron chi connectivity index (χ1n) is 19.2. The minimum Gasteiger partial charge on any atom is -0.493 e. The third-order valence-corrected chi connectivity index (χ3v) is 8.77. The number of aryl methyl sites for hydroxylation is 2. The Labute approximate surface area is 306 Å². The van der Waals surface area contributed by atoms with Gasteiger partial charge in [0.05, 0.1) is 0 Å². The van der Waals surface area contributed by atoms with Gasteiger partial charge in [0, 0.05) is 22.8 Å². The van der Waals surface area contributed by atoms with Crippen LogP contribution < -0.4 is 0 Å². The number of allylic oxidation sites excluding steroid dienone is 2. The molecule has 2 aromatic rings. The molecule has 0 spiro atoms. The summed E-state index contributed by atoms with van der Waals surface area (Å²) in [4.78, 5) is 0. The van der Waals surface area contributed by atoms with Crippen LogP contribution in [0.25, 0.3) is 16.9 Å². The zero-order valence-corrected chi connectivity index (χ0v) is 32.7. The van der Waals surface area contributed by atoms with Crippen LogP contribution in [0.1, 0.15) is 179 Å². The molecule has 0 aliphatic carbocycles. The number of rotatable bonds is 21. The SMILES string of the molecule is CCCCCCCCC1=C(c2ccc(CC)cc2)[N+](=[N-])C(c2ccc(CCCCCCCC)cc2)=C1.[CH2-]CCCC.[CH2-]CCCC.[Pd+2]. The summed E-state index contributed by atoms with van der Waals surface area (Å²) in [6.45, 7) is 18.4. The Morgan fingerprint density at radius 1 is 0.511 bits per heavy atom. The largest absolute Gasteiger partial charge is 2.00 e. The molecular weight excluding hydrogens is 663 g/mol. The number of benzene rings is 2. The van der Waals surface area contributed by atoms with E-state index in [1.54, 1.807) is 0 Å². The van der Waals surface area contributed by atoms with Crippen molar-refractivity contribution in [2.45, 2.75) is 169 Å². The molecule has 0 radical (unpaired) electrons. The first kappa shape index (κ1) is 45.2. The zero-order valence-electron chi connectivity index (χ0n) is 31.2. The van der Waals surface area contributed by atoms with Crippen molar-refractivity contribution in [1.82, 2.24) is 0 Å². The van der Waals surface area contributed by atoms with Crippen LogP contribution in [0.3, 0.4) is 0 Å². The molecule has 1 aliphatic heterocycles. The van der Waals surface area contributed by atoms with Crippen LogP contribution in [0.4, 0.5) is 0 Å². The van der Waals surface area contributed by atoms with Crippen molar-refractivity contribution < 1.29 is 25.1 Å². The van der Waals surface area contributed by atoms with Crippen molar-refractivity contribution in [2.75, 3.05) is 0 Å². The fraction of sp³-hybridized carbons (Fsp3) is 0.591. The second-order valence-corrected chi connectivity index (χ2v) is 12.9. The quantitative estimate of drug-likeness (QED) is 0.0528. The summed E-state index contributed by atoms with van der Waals surface area (Å²) >= 11 is 0. The van der Waals surface area contributed by atoms with Gasteiger partial charge in [0.15, 0.2) is 0 Å². The van der Waals surface area contributed by atoms with Crippen LogP contribution in [0.5, 0.6) is 0 Å². The predicted octanol–water partition coefficient (Wildman–Crippen LogP) is 14.7. The number of hydrogen-bond donors (Lipinski definition) is 0. The van der Waals surface area contributed by atoms with Gasteiger partial charge in [0.2, 0.25) is 11.4 Å². The van der Waals surface area contributed by atoms with E-state index in [1.807, 2.05) is 0 Å². The third-order valence-electron chi connectivity index (χ3n) is 8.77. The van der Waals surface area contributed by atoms with Gasteiger partial charge >= 0.3 is 20.4 Å². The van der Waals surface area contributed by atoms with E-state index >= 15 is 0 Å². The molecule has 266 valence electrons. The maximum absolute atomic E-state index is 11.3. The van der Waals surface area contributed by atoms with Gasteiger partial charge in [0.25, 0.3) is 0 Å². The van der Waals surface area contributed by atoms with Crippen molar-refractivity contribution in [3.63, 3.8) is 0 Å². The van der Waals surface area contributed by atoms with E-state index in [4.69, 9.17) is 0 Å². The van der Waals surface area contributed by atoms with E-state index in [0.717, 1.165) is 54.6 Å². The summed E-state index contributed by atoms with van der Waals surface area (Å²) in [5, 5.41) is 0. The maximum Gasteiger partial charge on any atom is 2.00 e. The molecule has 47 heavy (non-hydrogen) atoms. The molecule has 0 N–H and O–H groups in total. The average molecular weight is 733 g/mol. The Morgan fingerprint density at radius 3 is 1.38 bits per heavy atom. The molecule has 3 heteroatoms. The first-order valence-corrected chi connectivity index (χ1v) is 19.2. The number of unbranched alkanes of at least 4 members (excludes halogenated alkanes) is 14. The Balaban J connectivity index is 0.00000168. The molecule has 0 fully saturated rings. The molecule has 1 aliphatic rings. The van der Waals surface area contributed by atoms with Gasteiger partial charge < -0.3 is 19.4 Å². The topological polar surface area (TPSA) is 25.3 Å².